The van der Waals surface area contributed by atoms with Gasteiger partial charge in [0.05, 0.1) is 12.2 Å². The van der Waals surface area contributed by atoms with Crippen molar-refractivity contribution >= 4 is 11.6 Å². The van der Waals surface area contributed by atoms with Gasteiger partial charge >= 0.3 is 0 Å². The van der Waals surface area contributed by atoms with E-state index >= 15 is 0 Å². The Bertz CT molecular complexity index is 265. The highest BCUT2D eigenvalue weighted by Gasteiger charge is 2.07. The Hall–Kier alpha value is -0.830. The molecule has 0 N–H and O–H groups in total. The molecule has 4 heteroatoms. The second-order valence-corrected chi connectivity index (χ2v) is 2.59. The van der Waals surface area contributed by atoms with Crippen LogP contribution in [-0.4, -0.2) is 16.6 Å². The van der Waals surface area contributed by atoms with Crippen molar-refractivity contribution in [3.8, 4) is 5.88 Å². The number of rotatable bonds is 3. The Morgan fingerprint density at radius 1 is 1.42 bits per heavy atom. The lowest BCUT2D eigenvalue weighted by Crippen LogP contribution is -2.00. The Morgan fingerprint density at radius 3 is 2.75 bits per heavy atom. The highest BCUT2D eigenvalue weighted by Crippen LogP contribution is 2.21. The normalized spacial score (nSPS) is 9.92. The van der Waals surface area contributed by atoms with Gasteiger partial charge in [-0.1, -0.05) is 18.5 Å². The fraction of sp³-hybridized carbons (Fsp3) is 0.500. The summed E-state index contributed by atoms with van der Waals surface area (Å²) < 4.78 is 5.27. The minimum Gasteiger partial charge on any atom is -0.478 e. The molecule has 0 saturated carbocycles. The van der Waals surface area contributed by atoms with Gasteiger partial charge < -0.3 is 4.74 Å². The maximum Gasteiger partial charge on any atom is 0.221 e. The first-order valence-electron chi connectivity index (χ1n) is 3.91. The van der Waals surface area contributed by atoms with Crippen molar-refractivity contribution in [1.29, 1.82) is 0 Å². The minimum absolute atomic E-state index is 0.482. The van der Waals surface area contributed by atoms with Crippen molar-refractivity contribution in [2.75, 3.05) is 6.61 Å². The van der Waals surface area contributed by atoms with Crippen molar-refractivity contribution in [2.24, 2.45) is 0 Å². The van der Waals surface area contributed by atoms with Gasteiger partial charge in [-0.15, -0.1) is 0 Å². The molecule has 0 aliphatic heterocycles. The van der Waals surface area contributed by atoms with Gasteiger partial charge in [-0.2, -0.15) is 0 Å². The molecule has 0 unspecified atom stereocenters. The molecule has 0 radical (unpaired) electrons. The Morgan fingerprint density at radius 2 is 2.17 bits per heavy atom. The van der Waals surface area contributed by atoms with Crippen LogP contribution < -0.4 is 4.74 Å². The summed E-state index contributed by atoms with van der Waals surface area (Å²) in [5, 5.41) is 0.482. The molecule has 0 fully saturated rings. The van der Waals surface area contributed by atoms with E-state index in [1.807, 2.05) is 13.8 Å². The van der Waals surface area contributed by atoms with Crippen molar-refractivity contribution in [1.82, 2.24) is 9.97 Å². The summed E-state index contributed by atoms with van der Waals surface area (Å²) in [6.07, 6.45) is 2.20. The van der Waals surface area contributed by atoms with Gasteiger partial charge in [0.25, 0.3) is 0 Å². The zero-order valence-corrected chi connectivity index (χ0v) is 7.93. The molecule has 0 aliphatic carbocycles. The first-order chi connectivity index (χ1) is 5.79. The Labute approximate surface area is 76.7 Å². The molecular weight excluding hydrogens is 176 g/mol. The van der Waals surface area contributed by atoms with Crippen LogP contribution in [0.1, 0.15) is 19.4 Å². The van der Waals surface area contributed by atoms with Crippen LogP contribution in [0.5, 0.6) is 5.88 Å². The fourth-order valence-corrected chi connectivity index (χ4v) is 1.19. The highest BCUT2D eigenvalue weighted by molar-refractivity contribution is 6.30. The topological polar surface area (TPSA) is 35.0 Å². The molecule has 0 aromatic carbocycles. The summed E-state index contributed by atoms with van der Waals surface area (Å²) in [4.78, 5) is 7.85. The van der Waals surface area contributed by atoms with Crippen LogP contribution in [0.2, 0.25) is 5.15 Å². The summed E-state index contributed by atoms with van der Waals surface area (Å²) >= 11 is 5.83. The minimum atomic E-state index is 0.482. The zero-order chi connectivity index (χ0) is 8.97. The molecule has 0 spiro atoms. The van der Waals surface area contributed by atoms with E-state index in [1.165, 1.54) is 6.33 Å². The number of ether oxygens (including phenoxy) is 1. The predicted octanol–water partition coefficient (Wildman–Crippen LogP) is 2.09. The third-order valence-corrected chi connectivity index (χ3v) is 1.81. The van der Waals surface area contributed by atoms with Crippen LogP contribution in [0.4, 0.5) is 0 Å². The number of aromatic nitrogens is 2. The van der Waals surface area contributed by atoms with Crippen LogP contribution in [0, 0.1) is 0 Å². The van der Waals surface area contributed by atoms with E-state index in [0.717, 1.165) is 12.0 Å². The van der Waals surface area contributed by atoms with Gasteiger partial charge in [0, 0.05) is 0 Å². The first-order valence-corrected chi connectivity index (χ1v) is 4.29. The van der Waals surface area contributed by atoms with Gasteiger partial charge in [0.1, 0.15) is 11.5 Å². The molecule has 0 aliphatic rings. The van der Waals surface area contributed by atoms with Crippen molar-refractivity contribution in [2.45, 2.75) is 20.3 Å². The molecule has 0 amide bonds. The van der Waals surface area contributed by atoms with Gasteiger partial charge in [0.2, 0.25) is 5.88 Å². The average Bonchev–Trinajstić information content (AvgIpc) is 2.05. The number of nitrogens with zero attached hydrogens (tertiary/aromatic N) is 2. The predicted molar refractivity (Wildman–Crippen MR) is 47.6 cm³/mol. The summed E-state index contributed by atoms with van der Waals surface area (Å²) in [6.45, 7) is 4.50. The smallest absolute Gasteiger partial charge is 0.221 e. The Balaban J connectivity index is 3.00. The number of hydrogen-bond acceptors (Lipinski definition) is 3. The maximum atomic E-state index is 5.83. The van der Waals surface area contributed by atoms with E-state index in [0.29, 0.717) is 17.6 Å². The van der Waals surface area contributed by atoms with Crippen LogP contribution in [0.25, 0.3) is 0 Å². The van der Waals surface area contributed by atoms with E-state index in [1.54, 1.807) is 0 Å². The number of hydrogen-bond donors (Lipinski definition) is 0. The van der Waals surface area contributed by atoms with Gasteiger partial charge in [0.15, 0.2) is 0 Å². The van der Waals surface area contributed by atoms with Gasteiger partial charge in [-0.05, 0) is 13.3 Å². The van der Waals surface area contributed by atoms with Crippen molar-refractivity contribution in [3.05, 3.63) is 17.0 Å². The van der Waals surface area contributed by atoms with Crippen LogP contribution in [-0.2, 0) is 6.42 Å². The van der Waals surface area contributed by atoms with E-state index in [-0.39, 0.29) is 0 Å². The molecular formula is C8H11ClN2O. The molecule has 1 aromatic heterocycles. The molecule has 12 heavy (non-hydrogen) atoms. The zero-order valence-electron chi connectivity index (χ0n) is 7.17. The largest absolute Gasteiger partial charge is 0.478 e. The number of halogens is 1. The standard InChI is InChI=1S/C8H11ClN2O/c1-3-6-7(9)10-5-11-8(6)12-4-2/h5H,3-4H2,1-2H3. The van der Waals surface area contributed by atoms with E-state index in [2.05, 4.69) is 9.97 Å². The Kier molecular flexibility index (Phi) is 3.29. The lowest BCUT2D eigenvalue weighted by atomic mass is 10.2. The van der Waals surface area contributed by atoms with E-state index in [9.17, 15) is 0 Å². The van der Waals surface area contributed by atoms with E-state index in [4.69, 9.17) is 16.3 Å². The highest BCUT2D eigenvalue weighted by atomic mass is 35.5. The van der Waals surface area contributed by atoms with Crippen LogP contribution in [0.3, 0.4) is 0 Å². The monoisotopic (exact) mass is 186 g/mol. The summed E-state index contributed by atoms with van der Waals surface area (Å²) in [7, 11) is 0. The summed E-state index contributed by atoms with van der Waals surface area (Å²) in [6, 6.07) is 0. The van der Waals surface area contributed by atoms with Crippen molar-refractivity contribution in [3.63, 3.8) is 0 Å². The van der Waals surface area contributed by atoms with Crippen LogP contribution >= 0.6 is 11.6 Å². The molecule has 3 nitrogen and oxygen atoms in total. The molecule has 0 bridgehead atoms. The maximum absolute atomic E-state index is 5.83. The molecule has 1 heterocycles. The average molecular weight is 187 g/mol. The summed E-state index contributed by atoms with van der Waals surface area (Å²) in [5.41, 5.74) is 0.876. The van der Waals surface area contributed by atoms with E-state index < -0.39 is 0 Å². The van der Waals surface area contributed by atoms with Gasteiger partial charge in [-0.25, -0.2) is 9.97 Å². The molecule has 1 aromatic rings. The molecule has 1 rings (SSSR count). The third-order valence-electron chi connectivity index (χ3n) is 1.49. The van der Waals surface area contributed by atoms with Crippen molar-refractivity contribution < 1.29 is 4.74 Å². The molecule has 66 valence electrons. The van der Waals surface area contributed by atoms with Crippen LogP contribution in [0.15, 0.2) is 6.33 Å². The quantitative estimate of drug-likeness (QED) is 0.679. The lowest BCUT2D eigenvalue weighted by molar-refractivity contribution is 0.322. The summed E-state index contributed by atoms with van der Waals surface area (Å²) in [5.74, 6) is 0.597. The second kappa shape index (κ2) is 4.26. The SMILES string of the molecule is CCOc1ncnc(Cl)c1CC. The molecule has 0 atom stereocenters. The second-order valence-electron chi connectivity index (χ2n) is 2.23. The molecule has 0 saturated heterocycles. The first kappa shape index (κ1) is 9.26. The van der Waals surface area contributed by atoms with Gasteiger partial charge in [-0.3, -0.25) is 0 Å². The third kappa shape index (κ3) is 1.85. The lowest BCUT2D eigenvalue weighted by Gasteiger charge is -2.06. The fourth-order valence-electron chi connectivity index (χ4n) is 0.934.